The predicted molar refractivity (Wildman–Crippen MR) is 77.8 cm³/mol. The zero-order valence-electron chi connectivity index (χ0n) is 10.8. The summed E-state index contributed by atoms with van der Waals surface area (Å²) in [6, 6.07) is 6.79. The summed E-state index contributed by atoms with van der Waals surface area (Å²) < 4.78 is 31.0. The van der Waals surface area contributed by atoms with Crippen molar-refractivity contribution in [3.63, 3.8) is 0 Å². The van der Waals surface area contributed by atoms with Crippen LogP contribution >= 0.6 is 11.6 Å². The van der Waals surface area contributed by atoms with Crippen LogP contribution in [0.5, 0.6) is 0 Å². The lowest BCUT2D eigenvalue weighted by Gasteiger charge is -2.19. The van der Waals surface area contributed by atoms with Gasteiger partial charge in [-0.25, -0.2) is 13.1 Å². The lowest BCUT2D eigenvalue weighted by Crippen LogP contribution is -2.42. The van der Waals surface area contributed by atoms with Gasteiger partial charge in [0.2, 0.25) is 10.0 Å². The summed E-state index contributed by atoms with van der Waals surface area (Å²) in [7, 11) is -3.59. The van der Waals surface area contributed by atoms with Gasteiger partial charge in [-0.2, -0.15) is 0 Å². The Hall–Kier alpha value is -0.920. The zero-order chi connectivity index (χ0) is 14.6. The highest BCUT2D eigenvalue weighted by atomic mass is 35.5. The molecule has 1 unspecified atom stereocenters. The molecule has 0 bridgehead atoms. The fourth-order valence-corrected chi connectivity index (χ4v) is 2.79. The maximum absolute atomic E-state index is 11.8. The van der Waals surface area contributed by atoms with Crippen LogP contribution in [0.1, 0.15) is 12.0 Å². The molecule has 1 atom stereocenters. The van der Waals surface area contributed by atoms with Crippen molar-refractivity contribution in [1.82, 2.24) is 4.72 Å². The van der Waals surface area contributed by atoms with E-state index in [9.17, 15) is 13.5 Å². The van der Waals surface area contributed by atoms with Crippen molar-refractivity contribution < 1.29 is 18.3 Å². The number of halogens is 1. The molecule has 20 heavy (non-hydrogen) atoms. The summed E-state index contributed by atoms with van der Waals surface area (Å²) in [5, 5.41) is 11.6. The van der Waals surface area contributed by atoms with Crippen LogP contribution < -0.4 is 4.72 Å². The summed E-state index contributed by atoms with van der Waals surface area (Å²) in [6.07, 6.45) is 1.89. The van der Waals surface area contributed by atoms with E-state index >= 15 is 0 Å². The number of hydrogen-bond acceptors (Lipinski definition) is 4. The van der Waals surface area contributed by atoms with Crippen molar-refractivity contribution >= 4 is 27.7 Å². The molecule has 0 aromatic heterocycles. The van der Waals surface area contributed by atoms with Crippen LogP contribution in [0.15, 0.2) is 29.7 Å². The molecule has 1 aromatic carbocycles. The molecule has 0 saturated carbocycles. The number of nitrogens with one attached hydrogen (secondary N) is 1. The van der Waals surface area contributed by atoms with Crippen LogP contribution in [0, 0.1) is 0 Å². The van der Waals surface area contributed by atoms with Gasteiger partial charge in [0.05, 0.1) is 6.61 Å². The normalized spacial score (nSPS) is 23.5. The Morgan fingerprint density at radius 2 is 2.10 bits per heavy atom. The molecule has 2 rings (SSSR count). The minimum Gasteiger partial charge on any atom is -0.386 e. The summed E-state index contributed by atoms with van der Waals surface area (Å²) in [5.74, 6) is 0. The van der Waals surface area contributed by atoms with Crippen LogP contribution in [0.2, 0.25) is 5.02 Å². The summed E-state index contributed by atoms with van der Waals surface area (Å²) in [5.41, 5.74) is -0.385. The van der Waals surface area contributed by atoms with Gasteiger partial charge in [0.15, 0.2) is 0 Å². The molecule has 1 saturated heterocycles. The second-order valence-corrected chi connectivity index (χ2v) is 6.83. The maximum Gasteiger partial charge on any atom is 0.233 e. The van der Waals surface area contributed by atoms with E-state index in [1.165, 1.54) is 6.08 Å². The van der Waals surface area contributed by atoms with E-state index in [2.05, 4.69) is 4.72 Å². The monoisotopic (exact) mass is 317 g/mol. The molecular weight excluding hydrogens is 302 g/mol. The van der Waals surface area contributed by atoms with Crippen molar-refractivity contribution in [2.24, 2.45) is 0 Å². The summed E-state index contributed by atoms with van der Waals surface area (Å²) in [6.45, 7) is 0.537. The van der Waals surface area contributed by atoms with Gasteiger partial charge in [-0.3, -0.25) is 0 Å². The highest BCUT2D eigenvalue weighted by Gasteiger charge is 2.32. The Morgan fingerprint density at radius 1 is 1.40 bits per heavy atom. The van der Waals surface area contributed by atoms with Crippen LogP contribution in [0.4, 0.5) is 0 Å². The topological polar surface area (TPSA) is 75.6 Å². The Bertz CT molecular complexity index is 577. The quantitative estimate of drug-likeness (QED) is 0.860. The average molecular weight is 318 g/mol. The van der Waals surface area contributed by atoms with E-state index in [0.29, 0.717) is 18.1 Å². The van der Waals surface area contributed by atoms with Crippen molar-refractivity contribution in [3.8, 4) is 0 Å². The standard InChI is InChI=1S/C13H16ClNO4S/c14-12-3-1-11(2-4-12)5-8-20(17,18)15-9-13(16)6-7-19-10-13/h1-5,8,15-16H,6-7,9-10H2/b8-5+. The van der Waals surface area contributed by atoms with E-state index < -0.39 is 15.6 Å². The number of sulfonamides is 1. The Labute approximate surface area is 123 Å². The molecule has 1 aliphatic heterocycles. The SMILES string of the molecule is O=S(=O)(/C=C/c1ccc(Cl)cc1)NCC1(O)CCOC1. The maximum atomic E-state index is 11.8. The van der Waals surface area contributed by atoms with E-state index in [1.54, 1.807) is 24.3 Å². The first-order chi connectivity index (χ1) is 9.39. The number of hydrogen-bond donors (Lipinski definition) is 2. The first kappa shape index (κ1) is 15.5. The second-order valence-electron chi connectivity index (χ2n) is 4.75. The highest BCUT2D eigenvalue weighted by Crippen LogP contribution is 2.17. The molecule has 0 amide bonds. The van der Waals surface area contributed by atoms with E-state index in [4.69, 9.17) is 16.3 Å². The van der Waals surface area contributed by atoms with Crippen molar-refractivity contribution in [3.05, 3.63) is 40.3 Å². The van der Waals surface area contributed by atoms with Gasteiger partial charge in [-0.05, 0) is 23.8 Å². The molecule has 5 nitrogen and oxygen atoms in total. The van der Waals surface area contributed by atoms with Crippen LogP contribution in [-0.4, -0.2) is 38.9 Å². The number of rotatable bonds is 5. The van der Waals surface area contributed by atoms with Crippen LogP contribution in [0.3, 0.4) is 0 Å². The minimum absolute atomic E-state index is 0.0553. The molecule has 1 fully saturated rings. The van der Waals surface area contributed by atoms with Gasteiger partial charge < -0.3 is 9.84 Å². The molecule has 1 heterocycles. The lowest BCUT2D eigenvalue weighted by atomic mass is 10.1. The molecular formula is C13H16ClNO4S. The first-order valence-electron chi connectivity index (χ1n) is 6.12. The number of benzene rings is 1. The molecule has 0 radical (unpaired) electrons. The Kier molecular flexibility index (Phi) is 4.82. The number of aliphatic hydroxyl groups is 1. The van der Waals surface area contributed by atoms with Gasteiger partial charge in [0.1, 0.15) is 5.60 Å². The lowest BCUT2D eigenvalue weighted by molar-refractivity contribution is 0.0315. The zero-order valence-corrected chi connectivity index (χ0v) is 12.3. The minimum atomic E-state index is -3.59. The average Bonchev–Trinajstić information content (AvgIpc) is 2.84. The third kappa shape index (κ3) is 4.57. The summed E-state index contributed by atoms with van der Waals surface area (Å²) in [4.78, 5) is 0. The van der Waals surface area contributed by atoms with Gasteiger partial charge in [0.25, 0.3) is 0 Å². The van der Waals surface area contributed by atoms with Crippen LogP contribution in [0.25, 0.3) is 6.08 Å². The molecule has 0 spiro atoms. The smallest absolute Gasteiger partial charge is 0.233 e. The largest absolute Gasteiger partial charge is 0.386 e. The fraction of sp³-hybridized carbons (Fsp3) is 0.385. The molecule has 2 N–H and O–H groups in total. The van der Waals surface area contributed by atoms with E-state index in [1.807, 2.05) is 0 Å². The molecule has 1 aromatic rings. The van der Waals surface area contributed by atoms with Crippen molar-refractivity contribution in [2.45, 2.75) is 12.0 Å². The van der Waals surface area contributed by atoms with Gasteiger partial charge in [0, 0.05) is 30.0 Å². The third-order valence-corrected chi connectivity index (χ3v) is 4.29. The number of ether oxygens (including phenoxy) is 1. The van der Waals surface area contributed by atoms with Gasteiger partial charge >= 0.3 is 0 Å². The second kappa shape index (κ2) is 6.24. The Balaban J connectivity index is 1.95. The van der Waals surface area contributed by atoms with E-state index in [-0.39, 0.29) is 13.2 Å². The Morgan fingerprint density at radius 3 is 2.70 bits per heavy atom. The van der Waals surface area contributed by atoms with Crippen molar-refractivity contribution in [2.75, 3.05) is 19.8 Å². The van der Waals surface area contributed by atoms with Gasteiger partial charge in [-0.15, -0.1) is 0 Å². The molecule has 1 aliphatic rings. The molecule has 0 aliphatic carbocycles. The third-order valence-electron chi connectivity index (χ3n) is 2.99. The summed E-state index contributed by atoms with van der Waals surface area (Å²) >= 11 is 5.75. The van der Waals surface area contributed by atoms with Crippen molar-refractivity contribution in [1.29, 1.82) is 0 Å². The molecule has 110 valence electrons. The molecule has 7 heteroatoms. The highest BCUT2D eigenvalue weighted by molar-refractivity contribution is 7.92. The van der Waals surface area contributed by atoms with Gasteiger partial charge in [-0.1, -0.05) is 23.7 Å². The first-order valence-corrected chi connectivity index (χ1v) is 8.04. The van der Waals surface area contributed by atoms with Crippen LogP contribution in [-0.2, 0) is 14.8 Å². The predicted octanol–water partition coefficient (Wildman–Crippen LogP) is 1.38. The fourth-order valence-electron chi connectivity index (χ4n) is 1.76. The van der Waals surface area contributed by atoms with E-state index in [0.717, 1.165) is 11.0 Å².